The lowest BCUT2D eigenvalue weighted by atomic mass is 10.2. The molecule has 0 aliphatic carbocycles. The van der Waals surface area contributed by atoms with Gasteiger partial charge in [-0.1, -0.05) is 18.5 Å². The predicted octanol–water partition coefficient (Wildman–Crippen LogP) is 1.27. The third kappa shape index (κ3) is 5.96. The van der Waals surface area contributed by atoms with Crippen molar-refractivity contribution >= 4 is 35.5 Å². The van der Waals surface area contributed by atoms with Gasteiger partial charge in [0.15, 0.2) is 18.1 Å². The summed E-state index contributed by atoms with van der Waals surface area (Å²) in [4.78, 5) is 34.5. The number of carbonyl (C=O) groups excluding carboxylic acids is 3. The zero-order valence-electron chi connectivity index (χ0n) is 14.2. The number of benzene rings is 1. The molecular weight excluding hydrogens is 364 g/mol. The summed E-state index contributed by atoms with van der Waals surface area (Å²) in [5.41, 5.74) is 0.619. The van der Waals surface area contributed by atoms with E-state index >= 15 is 0 Å². The molecule has 0 atom stereocenters. The van der Waals surface area contributed by atoms with Crippen molar-refractivity contribution in [1.29, 1.82) is 0 Å². The maximum absolute atomic E-state index is 11.7. The minimum absolute atomic E-state index is 0.0931. The van der Waals surface area contributed by atoms with E-state index in [1.54, 1.807) is 12.1 Å². The van der Waals surface area contributed by atoms with Gasteiger partial charge < -0.3 is 24.8 Å². The molecule has 0 fully saturated rings. The number of nitrogens with one attached hydrogen (secondary N) is 2. The van der Waals surface area contributed by atoms with Crippen molar-refractivity contribution in [3.05, 3.63) is 28.8 Å². The number of carbonyl (C=O) groups is 3. The van der Waals surface area contributed by atoms with Crippen LogP contribution < -0.4 is 20.1 Å². The van der Waals surface area contributed by atoms with Gasteiger partial charge in [0.25, 0.3) is 5.91 Å². The van der Waals surface area contributed by atoms with Crippen LogP contribution in [0.5, 0.6) is 11.5 Å². The number of fused-ring (bicyclic) bond motifs is 1. The highest BCUT2D eigenvalue weighted by atomic mass is 35.5. The minimum atomic E-state index is -0.704. The molecule has 2 N–H and O–H groups in total. The van der Waals surface area contributed by atoms with E-state index in [9.17, 15) is 14.4 Å². The Bertz CT molecular complexity index is 719. The van der Waals surface area contributed by atoms with Crippen LogP contribution in [0.2, 0.25) is 5.02 Å². The molecule has 1 aromatic carbocycles. The summed E-state index contributed by atoms with van der Waals surface area (Å²) in [6.45, 7) is 1.91. The van der Waals surface area contributed by atoms with E-state index in [1.807, 2.05) is 6.92 Å². The lowest BCUT2D eigenvalue weighted by molar-refractivity contribution is -0.143. The Balaban J connectivity index is 1.75. The summed E-state index contributed by atoms with van der Waals surface area (Å²) in [7, 11) is 0. The van der Waals surface area contributed by atoms with E-state index in [0.717, 1.165) is 12.5 Å². The lowest BCUT2D eigenvalue weighted by Gasteiger charge is -2.06. The standard InChI is InChI=1S/C17H19ClN2O6/c1-2-5-19-14(21)8-20-15(22)9-24-16(23)4-3-11-6-12(18)17-13(7-11)25-10-26-17/h3-4,6-7H,2,5,8-10H2,1H3,(H,19,21)(H,20,22)/b4-3+. The first-order chi connectivity index (χ1) is 12.5. The average molecular weight is 383 g/mol. The lowest BCUT2D eigenvalue weighted by Crippen LogP contribution is -2.38. The molecule has 1 heterocycles. The number of esters is 1. The fourth-order valence-corrected chi connectivity index (χ4v) is 2.26. The van der Waals surface area contributed by atoms with E-state index in [1.165, 1.54) is 6.08 Å². The Hall–Kier alpha value is -2.74. The largest absolute Gasteiger partial charge is 0.454 e. The van der Waals surface area contributed by atoms with E-state index in [-0.39, 0.29) is 19.2 Å². The molecule has 1 aliphatic heterocycles. The van der Waals surface area contributed by atoms with Gasteiger partial charge >= 0.3 is 5.97 Å². The molecule has 0 unspecified atom stereocenters. The van der Waals surface area contributed by atoms with Gasteiger partial charge in [0, 0.05) is 12.6 Å². The predicted molar refractivity (Wildman–Crippen MR) is 93.9 cm³/mol. The molecule has 8 nitrogen and oxygen atoms in total. The van der Waals surface area contributed by atoms with E-state index in [0.29, 0.717) is 28.6 Å². The summed E-state index contributed by atoms with van der Waals surface area (Å²) in [5, 5.41) is 5.34. The maximum Gasteiger partial charge on any atom is 0.331 e. The summed E-state index contributed by atoms with van der Waals surface area (Å²) in [5.74, 6) is -0.614. The Morgan fingerprint density at radius 3 is 2.81 bits per heavy atom. The van der Waals surface area contributed by atoms with Gasteiger partial charge in [-0.25, -0.2) is 4.79 Å². The highest BCUT2D eigenvalue weighted by molar-refractivity contribution is 6.32. The monoisotopic (exact) mass is 382 g/mol. The van der Waals surface area contributed by atoms with Gasteiger partial charge in [-0.15, -0.1) is 0 Å². The molecule has 1 aliphatic rings. The van der Waals surface area contributed by atoms with Crippen LogP contribution in [-0.2, 0) is 19.1 Å². The number of rotatable bonds is 8. The minimum Gasteiger partial charge on any atom is -0.454 e. The Labute approximate surface area is 155 Å². The second-order valence-electron chi connectivity index (χ2n) is 5.30. The fraction of sp³-hybridized carbons (Fsp3) is 0.353. The summed E-state index contributed by atoms with van der Waals surface area (Å²) >= 11 is 6.04. The quantitative estimate of drug-likeness (QED) is 0.518. The fourth-order valence-electron chi connectivity index (χ4n) is 1.99. The van der Waals surface area contributed by atoms with Crippen LogP contribution in [0.3, 0.4) is 0 Å². The summed E-state index contributed by atoms with van der Waals surface area (Å²) < 4.78 is 15.2. The molecule has 26 heavy (non-hydrogen) atoms. The molecule has 1 aromatic rings. The van der Waals surface area contributed by atoms with Gasteiger partial charge in [-0.3, -0.25) is 9.59 Å². The van der Waals surface area contributed by atoms with Crippen LogP contribution >= 0.6 is 11.6 Å². The van der Waals surface area contributed by atoms with Gasteiger partial charge in [0.2, 0.25) is 12.7 Å². The first-order valence-corrected chi connectivity index (χ1v) is 8.34. The first kappa shape index (κ1) is 19.6. The summed E-state index contributed by atoms with van der Waals surface area (Å²) in [6.07, 6.45) is 3.44. The maximum atomic E-state index is 11.7. The van der Waals surface area contributed by atoms with Crippen LogP contribution in [0.25, 0.3) is 6.08 Å². The Kier molecular flexibility index (Phi) is 7.28. The highest BCUT2D eigenvalue weighted by Gasteiger charge is 2.17. The molecule has 0 saturated heterocycles. The summed E-state index contributed by atoms with van der Waals surface area (Å²) in [6, 6.07) is 3.28. The zero-order valence-corrected chi connectivity index (χ0v) is 14.9. The van der Waals surface area contributed by atoms with Crippen molar-refractivity contribution in [2.24, 2.45) is 0 Å². The molecule has 0 spiro atoms. The molecule has 140 valence electrons. The molecule has 0 radical (unpaired) electrons. The van der Waals surface area contributed by atoms with Crippen molar-refractivity contribution in [3.63, 3.8) is 0 Å². The van der Waals surface area contributed by atoms with Gasteiger partial charge in [-0.2, -0.15) is 0 Å². The SMILES string of the molecule is CCCNC(=O)CNC(=O)COC(=O)/C=C/c1cc(Cl)c2c(c1)OCO2. The van der Waals surface area contributed by atoms with Crippen molar-refractivity contribution in [3.8, 4) is 11.5 Å². The van der Waals surface area contributed by atoms with Crippen LogP contribution in [0.15, 0.2) is 18.2 Å². The van der Waals surface area contributed by atoms with Gasteiger partial charge in [0.1, 0.15) is 0 Å². The van der Waals surface area contributed by atoms with E-state index in [4.69, 9.17) is 25.8 Å². The van der Waals surface area contributed by atoms with Gasteiger partial charge in [-0.05, 0) is 30.2 Å². The molecule has 9 heteroatoms. The van der Waals surface area contributed by atoms with Crippen molar-refractivity contribution in [2.75, 3.05) is 26.5 Å². The van der Waals surface area contributed by atoms with Crippen molar-refractivity contribution in [2.45, 2.75) is 13.3 Å². The Morgan fingerprint density at radius 1 is 1.23 bits per heavy atom. The van der Waals surface area contributed by atoms with Gasteiger partial charge in [0.05, 0.1) is 11.6 Å². The van der Waals surface area contributed by atoms with Crippen LogP contribution in [0, 0.1) is 0 Å². The number of halogens is 1. The van der Waals surface area contributed by atoms with Crippen LogP contribution in [0.1, 0.15) is 18.9 Å². The van der Waals surface area contributed by atoms with E-state index in [2.05, 4.69) is 10.6 Å². The van der Waals surface area contributed by atoms with Crippen LogP contribution in [-0.4, -0.2) is 44.3 Å². The molecule has 2 rings (SSSR count). The normalized spacial score (nSPS) is 12.1. The number of hydrogen-bond donors (Lipinski definition) is 2. The molecule has 0 bridgehead atoms. The molecular formula is C17H19ClN2O6. The second kappa shape index (κ2) is 9.67. The number of hydrogen-bond acceptors (Lipinski definition) is 6. The molecule has 2 amide bonds. The topological polar surface area (TPSA) is 103 Å². The third-order valence-corrected chi connectivity index (χ3v) is 3.51. The molecule has 0 saturated carbocycles. The smallest absolute Gasteiger partial charge is 0.331 e. The second-order valence-corrected chi connectivity index (χ2v) is 5.71. The van der Waals surface area contributed by atoms with E-state index < -0.39 is 18.5 Å². The number of amides is 2. The van der Waals surface area contributed by atoms with Crippen LogP contribution in [0.4, 0.5) is 0 Å². The van der Waals surface area contributed by atoms with Crippen molar-refractivity contribution < 1.29 is 28.6 Å². The number of ether oxygens (including phenoxy) is 3. The Morgan fingerprint density at radius 2 is 2.04 bits per heavy atom. The average Bonchev–Trinajstić information content (AvgIpc) is 3.10. The zero-order chi connectivity index (χ0) is 18.9. The van der Waals surface area contributed by atoms with Crippen molar-refractivity contribution in [1.82, 2.24) is 10.6 Å². The molecule has 0 aromatic heterocycles. The highest BCUT2D eigenvalue weighted by Crippen LogP contribution is 2.40. The third-order valence-electron chi connectivity index (χ3n) is 3.23. The first-order valence-electron chi connectivity index (χ1n) is 7.97.